The maximum absolute atomic E-state index is 11.6. The molecule has 2 rings (SSSR count). The van der Waals surface area contributed by atoms with Crippen LogP contribution < -0.4 is 5.32 Å². The van der Waals surface area contributed by atoms with Gasteiger partial charge in [-0.3, -0.25) is 4.79 Å². The van der Waals surface area contributed by atoms with E-state index < -0.39 is 5.97 Å². The molecule has 1 fully saturated rings. The van der Waals surface area contributed by atoms with Crippen LogP contribution in [0.5, 0.6) is 0 Å². The Bertz CT molecular complexity index is 468. The monoisotopic (exact) mass is 282 g/mol. The van der Waals surface area contributed by atoms with E-state index in [2.05, 4.69) is 15.6 Å². The molecule has 0 saturated heterocycles. The number of nitrogens with zero attached hydrogens (tertiary/aromatic N) is 3. The van der Waals surface area contributed by atoms with Crippen molar-refractivity contribution in [2.24, 2.45) is 0 Å². The molecule has 0 spiro atoms. The number of nitrogens with one attached hydrogen (secondary N) is 1. The van der Waals surface area contributed by atoms with Crippen molar-refractivity contribution in [1.82, 2.24) is 20.3 Å². The molecular formula is C12H18N4O4. The van der Waals surface area contributed by atoms with Crippen LogP contribution in [-0.4, -0.2) is 51.2 Å². The van der Waals surface area contributed by atoms with Crippen molar-refractivity contribution in [2.75, 3.05) is 13.2 Å². The Morgan fingerprint density at radius 3 is 2.85 bits per heavy atom. The van der Waals surface area contributed by atoms with Gasteiger partial charge in [0.15, 0.2) is 5.69 Å². The zero-order valence-corrected chi connectivity index (χ0v) is 11.1. The second kappa shape index (κ2) is 6.99. The highest BCUT2D eigenvalue weighted by molar-refractivity contribution is 5.84. The summed E-state index contributed by atoms with van der Waals surface area (Å²) in [4.78, 5) is 22.2. The number of ether oxygens (including phenoxy) is 1. The molecule has 1 aromatic heterocycles. The van der Waals surface area contributed by atoms with E-state index in [4.69, 9.17) is 9.84 Å². The molecular weight excluding hydrogens is 264 g/mol. The van der Waals surface area contributed by atoms with Gasteiger partial charge < -0.3 is 15.2 Å². The number of rotatable bonds is 7. The van der Waals surface area contributed by atoms with E-state index in [0.717, 1.165) is 12.8 Å². The predicted molar refractivity (Wildman–Crippen MR) is 68.2 cm³/mol. The maximum atomic E-state index is 11.6. The van der Waals surface area contributed by atoms with Crippen LogP contribution >= 0.6 is 0 Å². The molecule has 0 radical (unpaired) electrons. The molecule has 0 aromatic carbocycles. The Hall–Kier alpha value is -1.96. The predicted octanol–water partition coefficient (Wildman–Crippen LogP) is 0.0517. The van der Waals surface area contributed by atoms with Gasteiger partial charge in [0.25, 0.3) is 0 Å². The number of carbonyl (C=O) groups excluding carboxylic acids is 1. The van der Waals surface area contributed by atoms with Crippen molar-refractivity contribution in [3.8, 4) is 0 Å². The van der Waals surface area contributed by atoms with Crippen LogP contribution in [0.15, 0.2) is 6.20 Å². The Balaban J connectivity index is 1.63. The molecule has 0 bridgehead atoms. The number of aromatic nitrogens is 3. The molecule has 8 heteroatoms. The minimum Gasteiger partial charge on any atom is -0.476 e. The van der Waals surface area contributed by atoms with Crippen LogP contribution in [0.2, 0.25) is 0 Å². The first-order valence-electron chi connectivity index (χ1n) is 6.67. The van der Waals surface area contributed by atoms with Crippen LogP contribution in [0.25, 0.3) is 0 Å². The molecule has 1 heterocycles. The first-order valence-corrected chi connectivity index (χ1v) is 6.67. The molecule has 2 N–H and O–H groups in total. The number of carbonyl (C=O) groups is 2. The Labute approximate surface area is 116 Å². The molecule has 1 aliphatic rings. The summed E-state index contributed by atoms with van der Waals surface area (Å²) < 4.78 is 6.80. The summed E-state index contributed by atoms with van der Waals surface area (Å²) in [6.07, 6.45) is 6.19. The van der Waals surface area contributed by atoms with Crippen LogP contribution in [0.1, 0.15) is 36.2 Å². The standard InChI is InChI=1S/C12H18N4O4/c17-11(8-16-7-10(12(18)19)14-15-16)13-5-6-20-9-3-1-2-4-9/h7,9H,1-6,8H2,(H,13,17)(H,18,19). The Morgan fingerprint density at radius 2 is 2.20 bits per heavy atom. The van der Waals surface area contributed by atoms with Crippen molar-refractivity contribution in [1.29, 1.82) is 0 Å². The van der Waals surface area contributed by atoms with Crippen molar-refractivity contribution in [3.05, 3.63) is 11.9 Å². The Morgan fingerprint density at radius 1 is 1.45 bits per heavy atom. The lowest BCUT2D eigenvalue weighted by atomic mass is 10.3. The average Bonchev–Trinajstić information content (AvgIpc) is 3.05. The van der Waals surface area contributed by atoms with Crippen LogP contribution in [0, 0.1) is 0 Å². The van der Waals surface area contributed by atoms with Gasteiger partial charge in [0.05, 0.1) is 18.9 Å². The molecule has 0 atom stereocenters. The number of hydrogen-bond donors (Lipinski definition) is 2. The summed E-state index contributed by atoms with van der Waals surface area (Å²) in [6, 6.07) is 0. The third kappa shape index (κ3) is 4.30. The largest absolute Gasteiger partial charge is 0.476 e. The van der Waals surface area contributed by atoms with Crippen LogP contribution in [0.3, 0.4) is 0 Å². The van der Waals surface area contributed by atoms with Gasteiger partial charge in [-0.2, -0.15) is 0 Å². The van der Waals surface area contributed by atoms with Gasteiger partial charge in [0.1, 0.15) is 6.54 Å². The van der Waals surface area contributed by atoms with E-state index in [1.165, 1.54) is 23.7 Å². The Kier molecular flexibility index (Phi) is 5.05. The topological polar surface area (TPSA) is 106 Å². The fraction of sp³-hybridized carbons (Fsp3) is 0.667. The fourth-order valence-corrected chi connectivity index (χ4v) is 2.15. The molecule has 1 saturated carbocycles. The van der Waals surface area contributed by atoms with Gasteiger partial charge in [-0.15, -0.1) is 5.10 Å². The van der Waals surface area contributed by atoms with E-state index in [9.17, 15) is 9.59 Å². The maximum Gasteiger partial charge on any atom is 0.358 e. The molecule has 1 amide bonds. The summed E-state index contributed by atoms with van der Waals surface area (Å²) in [5.41, 5.74) is -0.178. The van der Waals surface area contributed by atoms with Crippen molar-refractivity contribution < 1.29 is 19.4 Å². The summed E-state index contributed by atoms with van der Waals surface area (Å²) in [5, 5.41) is 18.4. The molecule has 1 aliphatic carbocycles. The number of aromatic carboxylic acids is 1. The lowest BCUT2D eigenvalue weighted by molar-refractivity contribution is -0.122. The molecule has 8 nitrogen and oxygen atoms in total. The fourth-order valence-electron chi connectivity index (χ4n) is 2.15. The molecule has 110 valence electrons. The van der Waals surface area contributed by atoms with Crippen molar-refractivity contribution in [3.63, 3.8) is 0 Å². The average molecular weight is 282 g/mol. The van der Waals surface area contributed by atoms with Gasteiger partial charge in [-0.25, -0.2) is 9.48 Å². The van der Waals surface area contributed by atoms with E-state index in [0.29, 0.717) is 19.3 Å². The highest BCUT2D eigenvalue weighted by Crippen LogP contribution is 2.20. The van der Waals surface area contributed by atoms with E-state index in [1.807, 2.05) is 0 Å². The van der Waals surface area contributed by atoms with E-state index in [-0.39, 0.29) is 18.1 Å². The summed E-state index contributed by atoms with van der Waals surface area (Å²) in [6.45, 7) is 0.883. The number of carboxylic acid groups (broad SMARTS) is 1. The number of carboxylic acids is 1. The van der Waals surface area contributed by atoms with Crippen LogP contribution in [-0.2, 0) is 16.1 Å². The first kappa shape index (κ1) is 14.4. The van der Waals surface area contributed by atoms with Gasteiger partial charge in [0.2, 0.25) is 5.91 Å². The van der Waals surface area contributed by atoms with Gasteiger partial charge in [-0.1, -0.05) is 18.1 Å². The quantitative estimate of drug-likeness (QED) is 0.684. The van der Waals surface area contributed by atoms with Crippen molar-refractivity contribution >= 4 is 11.9 Å². The second-order valence-corrected chi connectivity index (χ2v) is 4.73. The normalized spacial score (nSPS) is 15.4. The van der Waals surface area contributed by atoms with E-state index in [1.54, 1.807) is 0 Å². The third-order valence-corrected chi connectivity index (χ3v) is 3.14. The highest BCUT2D eigenvalue weighted by Gasteiger charge is 2.15. The zero-order chi connectivity index (χ0) is 14.4. The molecule has 20 heavy (non-hydrogen) atoms. The van der Waals surface area contributed by atoms with Gasteiger partial charge in [-0.05, 0) is 12.8 Å². The summed E-state index contributed by atoms with van der Waals surface area (Å²) in [5.74, 6) is -1.41. The van der Waals surface area contributed by atoms with Crippen molar-refractivity contribution in [2.45, 2.75) is 38.3 Å². The molecule has 0 unspecified atom stereocenters. The van der Waals surface area contributed by atoms with Gasteiger partial charge in [0, 0.05) is 6.54 Å². The first-order chi connectivity index (χ1) is 9.65. The lowest BCUT2D eigenvalue weighted by Crippen LogP contribution is -2.31. The summed E-state index contributed by atoms with van der Waals surface area (Å²) in [7, 11) is 0. The van der Waals surface area contributed by atoms with Gasteiger partial charge >= 0.3 is 5.97 Å². The lowest BCUT2D eigenvalue weighted by Gasteiger charge is -2.11. The number of hydrogen-bond acceptors (Lipinski definition) is 5. The highest BCUT2D eigenvalue weighted by atomic mass is 16.5. The third-order valence-electron chi connectivity index (χ3n) is 3.14. The SMILES string of the molecule is O=C(Cn1cc(C(=O)O)nn1)NCCOC1CCCC1. The second-order valence-electron chi connectivity index (χ2n) is 4.73. The smallest absolute Gasteiger partial charge is 0.358 e. The minimum absolute atomic E-state index is 0.0519. The van der Waals surface area contributed by atoms with E-state index >= 15 is 0 Å². The molecule has 0 aliphatic heterocycles. The molecule has 1 aromatic rings. The van der Waals surface area contributed by atoms with Crippen LogP contribution in [0.4, 0.5) is 0 Å². The minimum atomic E-state index is -1.17. The zero-order valence-electron chi connectivity index (χ0n) is 11.1. The summed E-state index contributed by atoms with van der Waals surface area (Å²) >= 11 is 0. The number of amides is 1.